The quantitative estimate of drug-likeness (QED) is 0.752. The van der Waals surface area contributed by atoms with Crippen molar-refractivity contribution in [1.82, 2.24) is 9.88 Å². The van der Waals surface area contributed by atoms with Crippen LogP contribution in [0.25, 0.3) is 10.9 Å². The Morgan fingerprint density at radius 2 is 1.88 bits per heavy atom. The number of carbonyl (C=O) groups is 1. The Morgan fingerprint density at radius 3 is 2.60 bits per heavy atom. The van der Waals surface area contributed by atoms with Gasteiger partial charge in [0.1, 0.15) is 0 Å². The number of rotatable bonds is 5. The van der Waals surface area contributed by atoms with E-state index in [-0.39, 0.29) is 31.2 Å². The fourth-order valence-electron chi connectivity index (χ4n) is 2.83. The average Bonchev–Trinajstić information content (AvgIpc) is 2.62. The molecule has 5 nitrogen and oxygen atoms in total. The Hall–Kier alpha value is -2.92. The van der Waals surface area contributed by atoms with Crippen LogP contribution >= 0.6 is 0 Å². The van der Waals surface area contributed by atoms with E-state index in [0.29, 0.717) is 11.1 Å². The number of aryl methyl sites for hydroxylation is 1. The standard InChI is InChI=1S/C20H20N2O3/c1-14-7-8-18-16(11-14)12-17(19(24)21-18)13-22(9-10-23)20(25)15-5-3-2-4-6-15/h2-8,11-12,23H,9-10,13H2,1H3,(H,21,24). The number of hydrogen-bond donors (Lipinski definition) is 2. The molecule has 0 unspecified atom stereocenters. The van der Waals surface area contributed by atoms with Crippen LogP contribution in [0.15, 0.2) is 59.4 Å². The molecule has 3 rings (SSSR count). The second kappa shape index (κ2) is 7.32. The number of hydrogen-bond acceptors (Lipinski definition) is 3. The first-order valence-electron chi connectivity index (χ1n) is 8.16. The van der Waals surface area contributed by atoms with Crippen molar-refractivity contribution >= 4 is 16.8 Å². The molecule has 25 heavy (non-hydrogen) atoms. The van der Waals surface area contributed by atoms with Crippen LogP contribution in [-0.2, 0) is 6.54 Å². The lowest BCUT2D eigenvalue weighted by Gasteiger charge is -2.21. The third kappa shape index (κ3) is 3.78. The van der Waals surface area contributed by atoms with Crippen molar-refractivity contribution in [3.8, 4) is 0 Å². The number of benzene rings is 2. The normalized spacial score (nSPS) is 10.8. The highest BCUT2D eigenvalue weighted by molar-refractivity contribution is 5.94. The van der Waals surface area contributed by atoms with E-state index in [1.165, 1.54) is 4.90 Å². The maximum atomic E-state index is 12.7. The van der Waals surface area contributed by atoms with Crippen molar-refractivity contribution in [3.63, 3.8) is 0 Å². The summed E-state index contributed by atoms with van der Waals surface area (Å²) in [5.74, 6) is -0.210. The van der Waals surface area contributed by atoms with Crippen LogP contribution in [0.5, 0.6) is 0 Å². The molecule has 0 spiro atoms. The molecule has 2 aromatic carbocycles. The van der Waals surface area contributed by atoms with Gasteiger partial charge < -0.3 is 15.0 Å². The average molecular weight is 336 g/mol. The highest BCUT2D eigenvalue weighted by atomic mass is 16.3. The Balaban J connectivity index is 1.94. The summed E-state index contributed by atoms with van der Waals surface area (Å²) in [4.78, 5) is 29.4. The van der Waals surface area contributed by atoms with Crippen LogP contribution in [0.3, 0.4) is 0 Å². The van der Waals surface area contributed by atoms with Gasteiger partial charge in [0, 0.05) is 23.2 Å². The van der Waals surface area contributed by atoms with E-state index < -0.39 is 0 Å². The number of nitrogens with one attached hydrogen (secondary N) is 1. The van der Waals surface area contributed by atoms with Crippen LogP contribution in [0.1, 0.15) is 21.5 Å². The van der Waals surface area contributed by atoms with Gasteiger partial charge in [-0.2, -0.15) is 0 Å². The van der Waals surface area contributed by atoms with E-state index in [9.17, 15) is 14.7 Å². The summed E-state index contributed by atoms with van der Waals surface area (Å²) in [6.45, 7) is 2.14. The molecular formula is C20H20N2O3. The Bertz CT molecular complexity index is 948. The predicted molar refractivity (Wildman–Crippen MR) is 97.6 cm³/mol. The minimum atomic E-state index is -0.222. The van der Waals surface area contributed by atoms with E-state index in [0.717, 1.165) is 16.5 Å². The van der Waals surface area contributed by atoms with Crippen LogP contribution in [0, 0.1) is 6.92 Å². The predicted octanol–water partition coefficient (Wildman–Crippen LogP) is 2.47. The lowest BCUT2D eigenvalue weighted by molar-refractivity contribution is 0.0707. The van der Waals surface area contributed by atoms with Gasteiger partial charge in [0.25, 0.3) is 11.5 Å². The molecule has 5 heteroatoms. The molecule has 2 N–H and O–H groups in total. The molecule has 1 heterocycles. The van der Waals surface area contributed by atoms with Crippen molar-refractivity contribution in [2.45, 2.75) is 13.5 Å². The molecule has 0 saturated carbocycles. The molecule has 0 fully saturated rings. The minimum Gasteiger partial charge on any atom is -0.395 e. The topological polar surface area (TPSA) is 73.4 Å². The minimum absolute atomic E-state index is 0.146. The summed E-state index contributed by atoms with van der Waals surface area (Å²) in [6.07, 6.45) is 0. The summed E-state index contributed by atoms with van der Waals surface area (Å²) in [7, 11) is 0. The molecule has 0 atom stereocenters. The Morgan fingerprint density at radius 1 is 1.12 bits per heavy atom. The van der Waals surface area contributed by atoms with E-state index in [1.54, 1.807) is 24.3 Å². The van der Waals surface area contributed by atoms with Crippen LogP contribution < -0.4 is 5.56 Å². The lowest BCUT2D eigenvalue weighted by atomic mass is 10.1. The summed E-state index contributed by atoms with van der Waals surface area (Å²) >= 11 is 0. The fourth-order valence-corrected chi connectivity index (χ4v) is 2.83. The molecule has 0 bridgehead atoms. The van der Waals surface area contributed by atoms with E-state index >= 15 is 0 Å². The van der Waals surface area contributed by atoms with Crippen LogP contribution in [0.2, 0.25) is 0 Å². The van der Waals surface area contributed by atoms with Gasteiger partial charge in [-0.05, 0) is 42.6 Å². The molecule has 3 aromatic rings. The van der Waals surface area contributed by atoms with Gasteiger partial charge in [0.05, 0.1) is 13.2 Å². The second-order valence-corrected chi connectivity index (χ2v) is 6.03. The van der Waals surface area contributed by atoms with Gasteiger partial charge >= 0.3 is 0 Å². The van der Waals surface area contributed by atoms with Crippen LogP contribution in [0.4, 0.5) is 0 Å². The van der Waals surface area contributed by atoms with Crippen molar-refractivity contribution in [1.29, 1.82) is 0 Å². The molecule has 1 aromatic heterocycles. The summed E-state index contributed by atoms with van der Waals surface area (Å²) in [5, 5.41) is 10.2. The largest absolute Gasteiger partial charge is 0.395 e. The number of pyridine rings is 1. The van der Waals surface area contributed by atoms with E-state index in [2.05, 4.69) is 4.98 Å². The van der Waals surface area contributed by atoms with Crippen molar-refractivity contribution < 1.29 is 9.90 Å². The zero-order chi connectivity index (χ0) is 17.8. The molecule has 0 aliphatic heterocycles. The first-order valence-corrected chi connectivity index (χ1v) is 8.16. The maximum absolute atomic E-state index is 12.7. The molecule has 0 saturated heterocycles. The third-order valence-corrected chi connectivity index (χ3v) is 4.12. The molecule has 0 radical (unpaired) electrons. The van der Waals surface area contributed by atoms with E-state index in [1.807, 2.05) is 37.3 Å². The number of carbonyl (C=O) groups excluding carboxylic acids is 1. The van der Waals surface area contributed by atoms with E-state index in [4.69, 9.17) is 0 Å². The SMILES string of the molecule is Cc1ccc2[nH]c(=O)c(CN(CCO)C(=O)c3ccccc3)cc2c1. The van der Waals surface area contributed by atoms with Crippen molar-refractivity contribution in [2.24, 2.45) is 0 Å². The summed E-state index contributed by atoms with van der Waals surface area (Å²) < 4.78 is 0. The number of aliphatic hydroxyl groups excluding tert-OH is 1. The first kappa shape index (κ1) is 16.9. The molecule has 1 amide bonds. The number of amides is 1. The number of fused-ring (bicyclic) bond motifs is 1. The highest BCUT2D eigenvalue weighted by Gasteiger charge is 2.17. The Labute approximate surface area is 145 Å². The number of nitrogens with zero attached hydrogens (tertiary/aromatic N) is 1. The summed E-state index contributed by atoms with van der Waals surface area (Å²) in [6, 6.07) is 16.5. The number of aromatic nitrogens is 1. The maximum Gasteiger partial charge on any atom is 0.254 e. The number of aliphatic hydroxyl groups is 1. The molecular weight excluding hydrogens is 316 g/mol. The van der Waals surface area contributed by atoms with Gasteiger partial charge in [0.15, 0.2) is 0 Å². The van der Waals surface area contributed by atoms with Gasteiger partial charge in [-0.1, -0.05) is 29.8 Å². The smallest absolute Gasteiger partial charge is 0.254 e. The molecule has 0 aliphatic rings. The number of H-pyrrole nitrogens is 1. The lowest BCUT2D eigenvalue weighted by Crippen LogP contribution is -2.35. The first-order chi connectivity index (χ1) is 12.1. The van der Waals surface area contributed by atoms with Gasteiger partial charge in [-0.25, -0.2) is 0 Å². The van der Waals surface area contributed by atoms with Crippen molar-refractivity contribution in [3.05, 3.63) is 81.6 Å². The highest BCUT2D eigenvalue weighted by Crippen LogP contribution is 2.15. The second-order valence-electron chi connectivity index (χ2n) is 6.03. The zero-order valence-electron chi connectivity index (χ0n) is 14.0. The van der Waals surface area contributed by atoms with Gasteiger partial charge in [0.2, 0.25) is 0 Å². The third-order valence-electron chi connectivity index (χ3n) is 4.12. The zero-order valence-corrected chi connectivity index (χ0v) is 14.0. The monoisotopic (exact) mass is 336 g/mol. The summed E-state index contributed by atoms with van der Waals surface area (Å²) in [5.41, 5.74) is 2.67. The fraction of sp³-hybridized carbons (Fsp3) is 0.200. The van der Waals surface area contributed by atoms with Gasteiger partial charge in [-0.15, -0.1) is 0 Å². The Kier molecular flexibility index (Phi) is 4.95. The number of aromatic amines is 1. The van der Waals surface area contributed by atoms with Crippen molar-refractivity contribution in [2.75, 3.05) is 13.2 Å². The molecule has 0 aliphatic carbocycles. The van der Waals surface area contributed by atoms with Gasteiger partial charge in [-0.3, -0.25) is 9.59 Å². The van der Waals surface area contributed by atoms with Crippen LogP contribution in [-0.4, -0.2) is 34.0 Å². The molecule has 128 valence electrons.